The Kier molecular flexibility index (Phi) is 4.17. The molecule has 3 nitrogen and oxygen atoms in total. The molecule has 2 N–H and O–H groups in total. The van der Waals surface area contributed by atoms with Crippen molar-refractivity contribution < 1.29 is 4.74 Å². The summed E-state index contributed by atoms with van der Waals surface area (Å²) in [6.07, 6.45) is 0. The SMILES string of the molecule is C[C@@H](N)c1ccc(OCc2cccc(C#N)c2)cc1. The van der Waals surface area contributed by atoms with E-state index < -0.39 is 0 Å². The summed E-state index contributed by atoms with van der Waals surface area (Å²) in [6.45, 7) is 2.40. The van der Waals surface area contributed by atoms with Crippen molar-refractivity contribution in [3.05, 3.63) is 65.2 Å². The summed E-state index contributed by atoms with van der Waals surface area (Å²) in [4.78, 5) is 0. The lowest BCUT2D eigenvalue weighted by atomic mass is 10.1. The van der Waals surface area contributed by atoms with Crippen LogP contribution in [0.5, 0.6) is 5.75 Å². The van der Waals surface area contributed by atoms with Gasteiger partial charge in [-0.25, -0.2) is 0 Å². The van der Waals surface area contributed by atoms with Crippen molar-refractivity contribution in [2.45, 2.75) is 19.6 Å². The topological polar surface area (TPSA) is 59.0 Å². The average Bonchev–Trinajstić information content (AvgIpc) is 2.46. The second-order valence-electron chi connectivity index (χ2n) is 4.46. The van der Waals surface area contributed by atoms with Crippen LogP contribution in [0.3, 0.4) is 0 Å². The van der Waals surface area contributed by atoms with Crippen LogP contribution < -0.4 is 10.5 Å². The van der Waals surface area contributed by atoms with Crippen LogP contribution in [-0.4, -0.2) is 0 Å². The Balaban J connectivity index is 2.00. The van der Waals surface area contributed by atoms with Crippen molar-refractivity contribution in [3.8, 4) is 11.8 Å². The molecule has 0 aliphatic rings. The lowest BCUT2D eigenvalue weighted by molar-refractivity contribution is 0.306. The van der Waals surface area contributed by atoms with Crippen LogP contribution in [0.1, 0.15) is 29.7 Å². The highest BCUT2D eigenvalue weighted by Crippen LogP contribution is 2.17. The zero-order chi connectivity index (χ0) is 13.7. The Morgan fingerprint density at radius 3 is 2.58 bits per heavy atom. The van der Waals surface area contributed by atoms with Gasteiger partial charge in [-0.1, -0.05) is 24.3 Å². The van der Waals surface area contributed by atoms with Gasteiger partial charge in [0.1, 0.15) is 12.4 Å². The van der Waals surface area contributed by atoms with Crippen LogP contribution in [-0.2, 0) is 6.61 Å². The molecular formula is C16H16N2O. The molecule has 0 bridgehead atoms. The molecule has 0 saturated heterocycles. The Labute approximate surface area is 113 Å². The number of rotatable bonds is 4. The van der Waals surface area contributed by atoms with Crippen molar-refractivity contribution in [2.75, 3.05) is 0 Å². The first-order chi connectivity index (χ1) is 9.19. The number of benzene rings is 2. The number of nitriles is 1. The smallest absolute Gasteiger partial charge is 0.119 e. The number of nitrogens with two attached hydrogens (primary N) is 1. The van der Waals surface area contributed by atoms with Gasteiger partial charge in [0, 0.05) is 6.04 Å². The number of hydrogen-bond acceptors (Lipinski definition) is 3. The van der Waals surface area contributed by atoms with Gasteiger partial charge in [-0.05, 0) is 42.3 Å². The minimum Gasteiger partial charge on any atom is -0.489 e. The van der Waals surface area contributed by atoms with Gasteiger partial charge in [0.2, 0.25) is 0 Å². The number of hydrogen-bond donors (Lipinski definition) is 1. The zero-order valence-corrected chi connectivity index (χ0v) is 10.8. The Morgan fingerprint density at radius 2 is 1.95 bits per heavy atom. The molecule has 0 aliphatic carbocycles. The molecule has 2 aromatic carbocycles. The zero-order valence-electron chi connectivity index (χ0n) is 10.8. The van der Waals surface area contributed by atoms with Gasteiger partial charge in [0.25, 0.3) is 0 Å². The standard InChI is InChI=1S/C16H16N2O/c1-12(18)15-5-7-16(8-6-15)19-11-14-4-2-3-13(9-14)10-17/h2-9,12H,11,18H2,1H3/t12-/m1/s1. The monoisotopic (exact) mass is 252 g/mol. The van der Waals surface area contributed by atoms with E-state index in [2.05, 4.69) is 6.07 Å². The minimum atomic E-state index is 0.0290. The Morgan fingerprint density at radius 1 is 1.21 bits per heavy atom. The van der Waals surface area contributed by atoms with E-state index in [4.69, 9.17) is 15.7 Å². The van der Waals surface area contributed by atoms with Gasteiger partial charge >= 0.3 is 0 Å². The first kappa shape index (κ1) is 13.1. The molecule has 2 aromatic rings. The first-order valence-electron chi connectivity index (χ1n) is 6.16. The Bertz CT molecular complexity index is 582. The fourth-order valence-electron chi connectivity index (χ4n) is 1.76. The first-order valence-corrected chi connectivity index (χ1v) is 6.16. The van der Waals surface area contributed by atoms with E-state index in [9.17, 15) is 0 Å². The van der Waals surface area contributed by atoms with Gasteiger partial charge in [-0.2, -0.15) is 5.26 Å². The molecular weight excluding hydrogens is 236 g/mol. The summed E-state index contributed by atoms with van der Waals surface area (Å²) in [5.74, 6) is 0.798. The van der Waals surface area contributed by atoms with Crippen LogP contribution in [0, 0.1) is 11.3 Å². The van der Waals surface area contributed by atoms with Crippen LogP contribution >= 0.6 is 0 Å². The molecule has 0 aromatic heterocycles. The van der Waals surface area contributed by atoms with Gasteiger partial charge < -0.3 is 10.5 Å². The second-order valence-corrected chi connectivity index (χ2v) is 4.46. The van der Waals surface area contributed by atoms with Crippen molar-refractivity contribution in [1.29, 1.82) is 5.26 Å². The lowest BCUT2D eigenvalue weighted by Crippen LogP contribution is -2.04. The molecule has 19 heavy (non-hydrogen) atoms. The third-order valence-corrected chi connectivity index (χ3v) is 2.87. The summed E-state index contributed by atoms with van der Waals surface area (Å²) < 4.78 is 5.68. The predicted octanol–water partition coefficient (Wildman–Crippen LogP) is 3.16. The molecule has 2 rings (SSSR count). The van der Waals surface area contributed by atoms with Crippen LogP contribution in [0.15, 0.2) is 48.5 Å². The van der Waals surface area contributed by atoms with Gasteiger partial charge in [-0.15, -0.1) is 0 Å². The normalized spacial score (nSPS) is 11.6. The maximum absolute atomic E-state index is 8.83. The highest BCUT2D eigenvalue weighted by atomic mass is 16.5. The largest absolute Gasteiger partial charge is 0.489 e. The molecule has 0 heterocycles. The highest BCUT2D eigenvalue weighted by Gasteiger charge is 2.01. The molecule has 0 saturated carbocycles. The summed E-state index contributed by atoms with van der Waals surface area (Å²) >= 11 is 0. The average molecular weight is 252 g/mol. The highest BCUT2D eigenvalue weighted by molar-refractivity contribution is 5.33. The van der Waals surface area contributed by atoms with E-state index in [1.807, 2.05) is 49.4 Å². The lowest BCUT2D eigenvalue weighted by Gasteiger charge is -2.09. The van der Waals surface area contributed by atoms with Crippen LogP contribution in [0.25, 0.3) is 0 Å². The Hall–Kier alpha value is -2.31. The molecule has 0 spiro atoms. The second kappa shape index (κ2) is 6.03. The summed E-state index contributed by atoms with van der Waals surface area (Å²) in [6, 6.07) is 17.3. The van der Waals surface area contributed by atoms with Gasteiger partial charge in [-0.3, -0.25) is 0 Å². The van der Waals surface area contributed by atoms with E-state index in [0.29, 0.717) is 12.2 Å². The fourth-order valence-corrected chi connectivity index (χ4v) is 1.76. The summed E-state index contributed by atoms with van der Waals surface area (Å²) in [7, 11) is 0. The third kappa shape index (κ3) is 3.57. The van der Waals surface area contributed by atoms with E-state index in [1.54, 1.807) is 6.07 Å². The maximum Gasteiger partial charge on any atom is 0.119 e. The van der Waals surface area contributed by atoms with E-state index >= 15 is 0 Å². The molecule has 1 atom stereocenters. The van der Waals surface area contributed by atoms with E-state index in [1.165, 1.54) is 0 Å². The quantitative estimate of drug-likeness (QED) is 0.909. The number of nitrogens with zero attached hydrogens (tertiary/aromatic N) is 1. The molecule has 0 aliphatic heterocycles. The van der Waals surface area contributed by atoms with Crippen molar-refractivity contribution in [3.63, 3.8) is 0 Å². The van der Waals surface area contributed by atoms with Crippen LogP contribution in [0.4, 0.5) is 0 Å². The van der Waals surface area contributed by atoms with E-state index in [0.717, 1.165) is 16.9 Å². The minimum absolute atomic E-state index is 0.0290. The molecule has 0 unspecified atom stereocenters. The van der Waals surface area contributed by atoms with Crippen molar-refractivity contribution >= 4 is 0 Å². The van der Waals surface area contributed by atoms with Crippen molar-refractivity contribution in [1.82, 2.24) is 0 Å². The fraction of sp³-hybridized carbons (Fsp3) is 0.188. The molecule has 0 amide bonds. The summed E-state index contributed by atoms with van der Waals surface area (Å²) in [5.41, 5.74) is 8.50. The number of ether oxygens (including phenoxy) is 1. The summed E-state index contributed by atoms with van der Waals surface area (Å²) in [5, 5.41) is 8.83. The van der Waals surface area contributed by atoms with E-state index in [-0.39, 0.29) is 6.04 Å². The molecule has 96 valence electrons. The molecule has 0 radical (unpaired) electrons. The maximum atomic E-state index is 8.83. The third-order valence-electron chi connectivity index (χ3n) is 2.87. The van der Waals surface area contributed by atoms with Gasteiger partial charge in [0.05, 0.1) is 11.6 Å². The van der Waals surface area contributed by atoms with Gasteiger partial charge in [0.15, 0.2) is 0 Å². The molecule has 0 fully saturated rings. The van der Waals surface area contributed by atoms with Crippen LogP contribution in [0.2, 0.25) is 0 Å². The van der Waals surface area contributed by atoms with Crippen molar-refractivity contribution in [2.24, 2.45) is 5.73 Å². The predicted molar refractivity (Wildman–Crippen MR) is 74.5 cm³/mol. The molecule has 3 heteroatoms.